The van der Waals surface area contributed by atoms with Crippen molar-refractivity contribution in [1.82, 2.24) is 10.1 Å². The lowest BCUT2D eigenvalue weighted by atomic mass is 10.1. The maximum absolute atomic E-state index is 12.6. The fourth-order valence-corrected chi connectivity index (χ4v) is 2.26. The van der Waals surface area contributed by atoms with Gasteiger partial charge in [0.2, 0.25) is 5.91 Å². The number of halogens is 1. The Bertz CT molecular complexity index is 712. The van der Waals surface area contributed by atoms with Gasteiger partial charge >= 0.3 is 0 Å². The predicted octanol–water partition coefficient (Wildman–Crippen LogP) is 3.13. The van der Waals surface area contributed by atoms with Gasteiger partial charge in [-0.2, -0.15) is 0 Å². The Hall–Kier alpha value is -2.34. The van der Waals surface area contributed by atoms with E-state index in [0.29, 0.717) is 22.2 Å². The number of benzene rings is 1. The van der Waals surface area contributed by atoms with E-state index in [9.17, 15) is 9.59 Å². The van der Waals surface area contributed by atoms with Gasteiger partial charge in [-0.1, -0.05) is 28.9 Å². The highest BCUT2D eigenvalue weighted by Gasteiger charge is 2.23. The molecule has 0 fully saturated rings. The zero-order valence-electron chi connectivity index (χ0n) is 13.2. The lowest BCUT2D eigenvalue weighted by Crippen LogP contribution is -2.42. The summed E-state index contributed by atoms with van der Waals surface area (Å²) < 4.78 is 4.89. The number of nitrogens with zero attached hydrogens (tertiary/aromatic N) is 2. The average molecular weight is 336 g/mol. The molecule has 0 aliphatic rings. The van der Waals surface area contributed by atoms with Gasteiger partial charge in [-0.3, -0.25) is 9.59 Å². The van der Waals surface area contributed by atoms with E-state index >= 15 is 0 Å². The van der Waals surface area contributed by atoms with Gasteiger partial charge in [0.1, 0.15) is 12.3 Å². The van der Waals surface area contributed by atoms with E-state index in [1.54, 1.807) is 37.3 Å². The van der Waals surface area contributed by atoms with Gasteiger partial charge in [-0.25, -0.2) is 0 Å². The van der Waals surface area contributed by atoms with Crippen LogP contribution in [0, 0.1) is 6.92 Å². The number of hydrogen-bond acceptors (Lipinski definition) is 4. The second kappa shape index (κ2) is 7.28. The molecule has 0 spiro atoms. The van der Waals surface area contributed by atoms with Crippen molar-refractivity contribution < 1.29 is 14.1 Å². The molecule has 0 saturated carbocycles. The third-order valence-electron chi connectivity index (χ3n) is 3.20. The second-order valence-electron chi connectivity index (χ2n) is 5.38. The Balaban J connectivity index is 2.11. The van der Waals surface area contributed by atoms with Crippen LogP contribution in [-0.4, -0.2) is 34.5 Å². The van der Waals surface area contributed by atoms with Crippen molar-refractivity contribution >= 4 is 29.2 Å². The van der Waals surface area contributed by atoms with E-state index in [0.717, 1.165) is 0 Å². The zero-order chi connectivity index (χ0) is 17.0. The SMILES string of the molecule is Cc1cc(NC(=O)CN(C(=O)c2ccccc2Cl)C(C)C)no1. The molecule has 0 aliphatic carbocycles. The molecule has 1 aromatic carbocycles. The lowest BCUT2D eigenvalue weighted by molar-refractivity contribution is -0.117. The highest BCUT2D eigenvalue weighted by Crippen LogP contribution is 2.18. The highest BCUT2D eigenvalue weighted by atomic mass is 35.5. The van der Waals surface area contributed by atoms with Crippen LogP contribution in [0.1, 0.15) is 30.0 Å². The molecule has 0 saturated heterocycles. The maximum atomic E-state index is 12.6. The minimum Gasteiger partial charge on any atom is -0.360 e. The molecule has 1 heterocycles. The number of hydrogen-bond donors (Lipinski definition) is 1. The Morgan fingerprint density at radius 1 is 1.35 bits per heavy atom. The van der Waals surface area contributed by atoms with Crippen molar-refractivity contribution in [2.24, 2.45) is 0 Å². The number of carbonyl (C=O) groups is 2. The molecule has 7 heteroatoms. The van der Waals surface area contributed by atoms with Crippen LogP contribution in [0.25, 0.3) is 0 Å². The normalized spacial score (nSPS) is 10.7. The van der Waals surface area contributed by atoms with Gasteiger partial charge in [0.05, 0.1) is 10.6 Å². The van der Waals surface area contributed by atoms with Crippen LogP contribution in [0.2, 0.25) is 5.02 Å². The number of rotatable bonds is 5. The Kier molecular flexibility index (Phi) is 5.39. The molecule has 122 valence electrons. The van der Waals surface area contributed by atoms with Crippen LogP contribution >= 0.6 is 11.6 Å². The van der Waals surface area contributed by atoms with Crippen LogP contribution in [0.3, 0.4) is 0 Å². The quantitative estimate of drug-likeness (QED) is 0.910. The number of carbonyl (C=O) groups excluding carboxylic acids is 2. The number of aryl methyl sites for hydroxylation is 1. The first-order valence-corrected chi connectivity index (χ1v) is 7.55. The van der Waals surface area contributed by atoms with E-state index in [4.69, 9.17) is 16.1 Å². The third kappa shape index (κ3) is 4.32. The number of anilines is 1. The Labute approximate surface area is 139 Å². The first kappa shape index (κ1) is 17.0. The smallest absolute Gasteiger partial charge is 0.256 e. The van der Waals surface area contributed by atoms with Gasteiger partial charge in [-0.05, 0) is 32.9 Å². The molecular weight excluding hydrogens is 318 g/mol. The molecule has 2 amide bonds. The predicted molar refractivity (Wildman–Crippen MR) is 87.5 cm³/mol. The first-order valence-electron chi connectivity index (χ1n) is 7.17. The largest absolute Gasteiger partial charge is 0.360 e. The summed E-state index contributed by atoms with van der Waals surface area (Å²) in [5.74, 6) is 0.263. The van der Waals surface area contributed by atoms with Crippen molar-refractivity contribution in [3.63, 3.8) is 0 Å². The van der Waals surface area contributed by atoms with Crippen LogP contribution in [0.15, 0.2) is 34.9 Å². The van der Waals surface area contributed by atoms with Crippen molar-refractivity contribution in [2.75, 3.05) is 11.9 Å². The summed E-state index contributed by atoms with van der Waals surface area (Å²) in [5.41, 5.74) is 0.368. The Morgan fingerprint density at radius 3 is 2.61 bits per heavy atom. The van der Waals surface area contributed by atoms with E-state index in [-0.39, 0.29) is 24.4 Å². The monoisotopic (exact) mass is 335 g/mol. The molecule has 2 rings (SSSR count). The minimum absolute atomic E-state index is 0.104. The van der Waals surface area contributed by atoms with Crippen molar-refractivity contribution in [2.45, 2.75) is 26.8 Å². The van der Waals surface area contributed by atoms with Gasteiger partial charge < -0.3 is 14.7 Å². The third-order valence-corrected chi connectivity index (χ3v) is 3.53. The van der Waals surface area contributed by atoms with Gasteiger partial charge in [-0.15, -0.1) is 0 Å². The topological polar surface area (TPSA) is 75.4 Å². The molecule has 1 N–H and O–H groups in total. The van der Waals surface area contributed by atoms with E-state index in [1.807, 2.05) is 13.8 Å². The number of amides is 2. The summed E-state index contributed by atoms with van der Waals surface area (Å²) in [5, 5.41) is 6.65. The molecule has 1 aromatic heterocycles. The highest BCUT2D eigenvalue weighted by molar-refractivity contribution is 6.33. The van der Waals surface area contributed by atoms with Gasteiger partial charge in [0.25, 0.3) is 5.91 Å². The summed E-state index contributed by atoms with van der Waals surface area (Å²) in [6.07, 6.45) is 0. The molecule has 2 aromatic rings. The number of aromatic nitrogens is 1. The average Bonchev–Trinajstić information content (AvgIpc) is 2.89. The lowest BCUT2D eigenvalue weighted by Gasteiger charge is -2.26. The van der Waals surface area contributed by atoms with Gasteiger partial charge in [0.15, 0.2) is 5.82 Å². The minimum atomic E-state index is -0.354. The van der Waals surface area contributed by atoms with E-state index in [2.05, 4.69) is 10.5 Å². The summed E-state index contributed by atoms with van der Waals surface area (Å²) >= 11 is 6.07. The van der Waals surface area contributed by atoms with Crippen molar-refractivity contribution in [3.8, 4) is 0 Å². The van der Waals surface area contributed by atoms with Crippen molar-refractivity contribution in [1.29, 1.82) is 0 Å². The molecular formula is C16H18ClN3O3. The fourth-order valence-electron chi connectivity index (χ4n) is 2.04. The fraction of sp³-hybridized carbons (Fsp3) is 0.312. The zero-order valence-corrected chi connectivity index (χ0v) is 13.9. The Morgan fingerprint density at radius 2 is 2.04 bits per heavy atom. The summed E-state index contributed by atoms with van der Waals surface area (Å²) in [4.78, 5) is 26.2. The van der Waals surface area contributed by atoms with Crippen LogP contribution in [-0.2, 0) is 4.79 Å². The van der Waals surface area contributed by atoms with E-state index in [1.165, 1.54) is 4.90 Å². The standard InChI is InChI=1S/C16H18ClN3O3/c1-10(2)20(16(22)12-6-4-5-7-13(12)17)9-15(21)18-14-8-11(3)23-19-14/h4-8,10H,9H2,1-3H3,(H,18,19,21). The molecule has 23 heavy (non-hydrogen) atoms. The van der Waals surface area contributed by atoms with Gasteiger partial charge in [0, 0.05) is 12.1 Å². The van der Waals surface area contributed by atoms with Crippen LogP contribution in [0.4, 0.5) is 5.82 Å². The molecule has 0 radical (unpaired) electrons. The maximum Gasteiger partial charge on any atom is 0.256 e. The molecule has 0 aliphatic heterocycles. The molecule has 0 bridgehead atoms. The summed E-state index contributed by atoms with van der Waals surface area (Å²) in [6.45, 7) is 5.29. The molecule has 0 atom stereocenters. The van der Waals surface area contributed by atoms with Crippen LogP contribution < -0.4 is 5.32 Å². The number of nitrogens with one attached hydrogen (secondary N) is 1. The summed E-state index contributed by atoms with van der Waals surface area (Å²) in [6, 6.07) is 8.20. The first-order chi connectivity index (χ1) is 10.9. The van der Waals surface area contributed by atoms with E-state index < -0.39 is 0 Å². The molecule has 0 unspecified atom stereocenters. The summed E-state index contributed by atoms with van der Waals surface area (Å²) in [7, 11) is 0. The second-order valence-corrected chi connectivity index (χ2v) is 5.78. The van der Waals surface area contributed by atoms with Crippen molar-refractivity contribution in [3.05, 3.63) is 46.7 Å². The molecule has 6 nitrogen and oxygen atoms in total. The van der Waals surface area contributed by atoms with Crippen LogP contribution in [0.5, 0.6) is 0 Å².